The zero-order chi connectivity index (χ0) is 15.5. The fraction of sp³-hybridized carbons (Fsp3) is 0.875. The van der Waals surface area contributed by atoms with Crippen molar-refractivity contribution in [3.05, 3.63) is 11.7 Å². The Balaban J connectivity index is 2.24. The number of hydrogen-bond donors (Lipinski definition) is 1. The van der Waals surface area contributed by atoms with Crippen LogP contribution in [-0.4, -0.2) is 23.3 Å². The standard InChI is InChI=1S/C16H29N3O2/c1-6-17-15(4,5)14-18-13(19-21-14)16(20-7-2)10-8-12(3)9-11-16/h12,17H,6-11H2,1-5H3. The van der Waals surface area contributed by atoms with E-state index in [9.17, 15) is 0 Å². The molecule has 1 aromatic heterocycles. The van der Waals surface area contributed by atoms with Crippen LogP contribution in [0.5, 0.6) is 0 Å². The molecular weight excluding hydrogens is 266 g/mol. The van der Waals surface area contributed by atoms with Crippen molar-refractivity contribution < 1.29 is 9.26 Å². The van der Waals surface area contributed by atoms with E-state index in [1.165, 1.54) is 0 Å². The van der Waals surface area contributed by atoms with Crippen LogP contribution in [0, 0.1) is 5.92 Å². The number of ether oxygens (including phenoxy) is 1. The van der Waals surface area contributed by atoms with Gasteiger partial charge in [-0.05, 0) is 58.9 Å². The average molecular weight is 295 g/mol. The highest BCUT2D eigenvalue weighted by Gasteiger charge is 2.42. The fourth-order valence-electron chi connectivity index (χ4n) is 3.12. The Morgan fingerprint density at radius 2 is 2.00 bits per heavy atom. The SMILES string of the molecule is CCNC(C)(C)c1nc(C2(OCC)CCC(C)CC2)no1. The molecule has 0 atom stereocenters. The van der Waals surface area contributed by atoms with Gasteiger partial charge >= 0.3 is 0 Å². The highest BCUT2D eigenvalue weighted by Crippen LogP contribution is 2.41. The van der Waals surface area contributed by atoms with Crippen LogP contribution in [0.15, 0.2) is 4.52 Å². The molecule has 1 fully saturated rings. The third-order valence-electron chi connectivity index (χ3n) is 4.49. The number of nitrogens with zero attached hydrogens (tertiary/aromatic N) is 2. The molecule has 0 radical (unpaired) electrons. The zero-order valence-corrected chi connectivity index (χ0v) is 14.0. The van der Waals surface area contributed by atoms with Gasteiger partial charge in [-0.1, -0.05) is 19.0 Å². The molecule has 1 heterocycles. The third kappa shape index (κ3) is 3.46. The van der Waals surface area contributed by atoms with Gasteiger partial charge in [0.2, 0.25) is 11.7 Å². The van der Waals surface area contributed by atoms with E-state index >= 15 is 0 Å². The lowest BCUT2D eigenvalue weighted by atomic mass is 9.79. The van der Waals surface area contributed by atoms with E-state index in [0.29, 0.717) is 12.5 Å². The zero-order valence-electron chi connectivity index (χ0n) is 14.0. The predicted octanol–water partition coefficient (Wildman–Crippen LogP) is 3.36. The number of aromatic nitrogens is 2. The quantitative estimate of drug-likeness (QED) is 0.872. The second-order valence-corrected chi connectivity index (χ2v) is 6.69. The molecule has 21 heavy (non-hydrogen) atoms. The minimum Gasteiger partial charge on any atom is -0.367 e. The molecule has 1 saturated carbocycles. The summed E-state index contributed by atoms with van der Waals surface area (Å²) in [6, 6.07) is 0. The molecule has 1 aliphatic carbocycles. The predicted molar refractivity (Wildman–Crippen MR) is 81.9 cm³/mol. The lowest BCUT2D eigenvalue weighted by Crippen LogP contribution is -2.38. The summed E-state index contributed by atoms with van der Waals surface area (Å²) in [7, 11) is 0. The van der Waals surface area contributed by atoms with Gasteiger partial charge in [0.25, 0.3) is 0 Å². The van der Waals surface area contributed by atoms with E-state index in [1.807, 2.05) is 6.92 Å². The van der Waals surface area contributed by atoms with Crippen molar-refractivity contribution in [1.29, 1.82) is 0 Å². The Hall–Kier alpha value is -0.940. The van der Waals surface area contributed by atoms with Gasteiger partial charge in [0.15, 0.2) is 0 Å². The van der Waals surface area contributed by atoms with Crippen LogP contribution in [-0.2, 0) is 15.9 Å². The Bertz CT molecular complexity index is 448. The van der Waals surface area contributed by atoms with Crippen LogP contribution >= 0.6 is 0 Å². The summed E-state index contributed by atoms with van der Waals surface area (Å²) >= 11 is 0. The first-order valence-electron chi connectivity index (χ1n) is 8.17. The molecule has 0 saturated heterocycles. The van der Waals surface area contributed by atoms with Gasteiger partial charge in [-0.25, -0.2) is 0 Å². The summed E-state index contributed by atoms with van der Waals surface area (Å²) < 4.78 is 11.6. The van der Waals surface area contributed by atoms with E-state index in [2.05, 4.69) is 43.2 Å². The largest absolute Gasteiger partial charge is 0.367 e. The van der Waals surface area contributed by atoms with Crippen molar-refractivity contribution >= 4 is 0 Å². The molecule has 0 spiro atoms. The first kappa shape index (κ1) is 16.4. The lowest BCUT2D eigenvalue weighted by molar-refractivity contribution is -0.0847. The summed E-state index contributed by atoms with van der Waals surface area (Å²) in [4.78, 5) is 4.67. The summed E-state index contributed by atoms with van der Waals surface area (Å²) in [6.07, 6.45) is 4.26. The molecule has 0 unspecified atom stereocenters. The van der Waals surface area contributed by atoms with E-state index in [0.717, 1.165) is 44.0 Å². The minimum absolute atomic E-state index is 0.310. The number of hydrogen-bond acceptors (Lipinski definition) is 5. The van der Waals surface area contributed by atoms with Gasteiger partial charge < -0.3 is 14.6 Å². The molecule has 5 heteroatoms. The molecule has 0 aliphatic heterocycles. The third-order valence-corrected chi connectivity index (χ3v) is 4.49. The normalized spacial score (nSPS) is 27.0. The summed E-state index contributed by atoms with van der Waals surface area (Å²) in [5.74, 6) is 2.11. The van der Waals surface area contributed by atoms with Crippen molar-refractivity contribution in [2.75, 3.05) is 13.2 Å². The maximum absolute atomic E-state index is 6.09. The molecule has 120 valence electrons. The first-order valence-corrected chi connectivity index (χ1v) is 8.17. The molecule has 5 nitrogen and oxygen atoms in total. The van der Waals surface area contributed by atoms with Crippen molar-refractivity contribution in [3.8, 4) is 0 Å². The van der Waals surface area contributed by atoms with Gasteiger partial charge in [-0.2, -0.15) is 4.98 Å². The maximum atomic E-state index is 6.09. The average Bonchev–Trinajstić information content (AvgIpc) is 2.93. The van der Waals surface area contributed by atoms with Crippen LogP contribution in [0.4, 0.5) is 0 Å². The summed E-state index contributed by atoms with van der Waals surface area (Å²) in [5, 5.41) is 7.62. The van der Waals surface area contributed by atoms with E-state index in [-0.39, 0.29) is 11.1 Å². The fourth-order valence-corrected chi connectivity index (χ4v) is 3.12. The Labute approximate surface area is 127 Å². The molecule has 0 amide bonds. The smallest absolute Gasteiger partial charge is 0.246 e. The molecule has 1 N–H and O–H groups in total. The van der Waals surface area contributed by atoms with Crippen molar-refractivity contribution in [2.45, 2.75) is 71.4 Å². The summed E-state index contributed by atoms with van der Waals surface area (Å²) in [5.41, 5.74) is -0.666. The Morgan fingerprint density at radius 3 is 2.57 bits per heavy atom. The van der Waals surface area contributed by atoms with E-state index < -0.39 is 0 Å². The van der Waals surface area contributed by atoms with Gasteiger partial charge in [0.1, 0.15) is 5.60 Å². The molecule has 1 aliphatic rings. The van der Waals surface area contributed by atoms with Gasteiger partial charge in [0.05, 0.1) is 5.54 Å². The van der Waals surface area contributed by atoms with Crippen LogP contribution in [0.2, 0.25) is 0 Å². The highest BCUT2D eigenvalue weighted by atomic mass is 16.5. The molecular formula is C16H29N3O2. The van der Waals surface area contributed by atoms with Crippen LogP contribution in [0.25, 0.3) is 0 Å². The second kappa shape index (κ2) is 6.44. The van der Waals surface area contributed by atoms with Crippen LogP contribution < -0.4 is 5.32 Å². The summed E-state index contributed by atoms with van der Waals surface area (Å²) in [6.45, 7) is 12.1. The molecule has 0 aromatic carbocycles. The van der Waals surface area contributed by atoms with Gasteiger partial charge in [0, 0.05) is 6.61 Å². The maximum Gasteiger partial charge on any atom is 0.246 e. The van der Waals surface area contributed by atoms with E-state index in [1.54, 1.807) is 0 Å². The Morgan fingerprint density at radius 1 is 1.33 bits per heavy atom. The molecule has 2 rings (SSSR count). The van der Waals surface area contributed by atoms with Gasteiger partial charge in [-0.3, -0.25) is 0 Å². The first-order chi connectivity index (χ1) is 9.93. The second-order valence-electron chi connectivity index (χ2n) is 6.69. The lowest BCUT2D eigenvalue weighted by Gasteiger charge is -2.36. The molecule has 1 aromatic rings. The molecule has 0 bridgehead atoms. The topological polar surface area (TPSA) is 60.2 Å². The van der Waals surface area contributed by atoms with Crippen molar-refractivity contribution in [1.82, 2.24) is 15.5 Å². The van der Waals surface area contributed by atoms with E-state index in [4.69, 9.17) is 9.26 Å². The van der Waals surface area contributed by atoms with Crippen LogP contribution in [0.3, 0.4) is 0 Å². The highest BCUT2D eigenvalue weighted by molar-refractivity contribution is 5.07. The number of nitrogens with one attached hydrogen (secondary N) is 1. The van der Waals surface area contributed by atoms with Gasteiger partial charge in [-0.15, -0.1) is 0 Å². The Kier molecular flexibility index (Phi) is 5.04. The minimum atomic E-state index is -0.356. The van der Waals surface area contributed by atoms with Crippen molar-refractivity contribution in [2.24, 2.45) is 5.92 Å². The number of rotatable bonds is 6. The monoisotopic (exact) mass is 295 g/mol. The van der Waals surface area contributed by atoms with Crippen molar-refractivity contribution in [3.63, 3.8) is 0 Å². The van der Waals surface area contributed by atoms with Crippen LogP contribution in [0.1, 0.15) is 72.0 Å².